The molecule has 0 aromatic heterocycles. The van der Waals surface area contributed by atoms with Crippen molar-refractivity contribution < 1.29 is 19.1 Å². The number of hydrogen-bond donors (Lipinski definition) is 2. The molecule has 0 radical (unpaired) electrons. The van der Waals surface area contributed by atoms with Gasteiger partial charge in [0.05, 0.1) is 5.69 Å². The summed E-state index contributed by atoms with van der Waals surface area (Å²) < 4.78 is 14.0. The molecule has 1 aromatic carbocycles. The third-order valence-electron chi connectivity index (χ3n) is 3.04. The Kier molecular flexibility index (Phi) is 4.14. The van der Waals surface area contributed by atoms with E-state index in [2.05, 4.69) is 0 Å². The summed E-state index contributed by atoms with van der Waals surface area (Å²) in [4.78, 5) is 23.6. The Morgan fingerprint density at radius 1 is 1.42 bits per heavy atom. The number of aliphatic carboxylic acids is 1. The molecule has 1 amide bonds. The molecular formula is C13H17FN2O3. The highest BCUT2D eigenvalue weighted by molar-refractivity contribution is 5.93. The first-order chi connectivity index (χ1) is 8.71. The molecule has 0 spiro atoms. The molecule has 0 atom stereocenters. The lowest BCUT2D eigenvalue weighted by Gasteiger charge is -2.36. The summed E-state index contributed by atoms with van der Waals surface area (Å²) in [7, 11) is 0. The van der Waals surface area contributed by atoms with Crippen molar-refractivity contribution in [3.63, 3.8) is 0 Å². The lowest BCUT2D eigenvalue weighted by atomic mass is 10.0. The van der Waals surface area contributed by atoms with E-state index in [-0.39, 0.29) is 11.3 Å². The number of rotatable bonds is 5. The zero-order valence-electron chi connectivity index (χ0n) is 11.1. The fraction of sp³-hybridized carbons (Fsp3) is 0.385. The van der Waals surface area contributed by atoms with Gasteiger partial charge in [-0.05, 0) is 39.0 Å². The van der Waals surface area contributed by atoms with Crippen LogP contribution in [0.25, 0.3) is 0 Å². The third-order valence-corrected chi connectivity index (χ3v) is 3.04. The number of benzene rings is 1. The number of amides is 1. The van der Waals surface area contributed by atoms with E-state index in [1.807, 2.05) is 0 Å². The van der Waals surface area contributed by atoms with Crippen LogP contribution in [-0.4, -0.2) is 29.1 Å². The number of primary amides is 1. The Bertz CT molecular complexity index is 515. The minimum atomic E-state index is -1.26. The number of nitrogens with two attached hydrogens (primary N) is 1. The Morgan fingerprint density at radius 3 is 2.37 bits per heavy atom. The average Bonchev–Trinajstić information content (AvgIpc) is 2.31. The minimum Gasteiger partial charge on any atom is -0.480 e. The smallest absolute Gasteiger partial charge is 0.328 e. The van der Waals surface area contributed by atoms with Crippen molar-refractivity contribution in [2.45, 2.75) is 26.3 Å². The van der Waals surface area contributed by atoms with Gasteiger partial charge < -0.3 is 15.7 Å². The van der Waals surface area contributed by atoms with E-state index in [1.54, 1.807) is 6.92 Å². The molecule has 5 nitrogen and oxygen atoms in total. The molecule has 0 unspecified atom stereocenters. The Morgan fingerprint density at radius 2 is 2.00 bits per heavy atom. The summed E-state index contributed by atoms with van der Waals surface area (Å²) in [6, 6.07) is 3.75. The van der Waals surface area contributed by atoms with Crippen LogP contribution in [0.2, 0.25) is 0 Å². The average molecular weight is 268 g/mol. The van der Waals surface area contributed by atoms with Crippen molar-refractivity contribution in [2.75, 3.05) is 11.4 Å². The number of carbonyl (C=O) groups is 2. The van der Waals surface area contributed by atoms with Crippen LogP contribution in [-0.2, 0) is 4.79 Å². The van der Waals surface area contributed by atoms with Gasteiger partial charge in [-0.25, -0.2) is 9.18 Å². The summed E-state index contributed by atoms with van der Waals surface area (Å²) in [6.07, 6.45) is 0. The van der Waals surface area contributed by atoms with Crippen LogP contribution in [0.1, 0.15) is 31.1 Å². The Balaban J connectivity index is 3.27. The van der Waals surface area contributed by atoms with E-state index in [0.717, 1.165) is 6.07 Å². The zero-order valence-corrected chi connectivity index (χ0v) is 11.1. The third kappa shape index (κ3) is 2.83. The van der Waals surface area contributed by atoms with Crippen LogP contribution in [0.3, 0.4) is 0 Å². The molecule has 1 rings (SSSR count). The number of nitrogens with zero attached hydrogens (tertiary/aromatic N) is 1. The second-order valence-corrected chi connectivity index (χ2v) is 4.64. The molecule has 19 heavy (non-hydrogen) atoms. The first-order valence-electron chi connectivity index (χ1n) is 5.82. The van der Waals surface area contributed by atoms with Crippen LogP contribution < -0.4 is 10.6 Å². The van der Waals surface area contributed by atoms with Crippen LogP contribution >= 0.6 is 0 Å². The van der Waals surface area contributed by atoms with E-state index < -0.39 is 23.2 Å². The normalized spacial score (nSPS) is 11.2. The number of likely N-dealkylation sites (N-methyl/N-ethyl adjacent to an activating group) is 1. The van der Waals surface area contributed by atoms with Gasteiger partial charge in [0.15, 0.2) is 0 Å². The number of carbonyl (C=O) groups excluding carboxylic acids is 1. The Labute approximate surface area is 110 Å². The Hall–Kier alpha value is -2.11. The van der Waals surface area contributed by atoms with Gasteiger partial charge in [0, 0.05) is 12.1 Å². The molecule has 0 saturated heterocycles. The number of anilines is 1. The molecule has 0 bridgehead atoms. The summed E-state index contributed by atoms with van der Waals surface area (Å²) in [6.45, 7) is 5.01. The van der Waals surface area contributed by atoms with Crippen LogP contribution in [0.15, 0.2) is 18.2 Å². The molecule has 6 heteroatoms. The quantitative estimate of drug-likeness (QED) is 0.849. The molecule has 0 fully saturated rings. The fourth-order valence-electron chi connectivity index (χ4n) is 1.86. The summed E-state index contributed by atoms with van der Waals surface area (Å²) >= 11 is 0. The molecule has 0 aliphatic heterocycles. The highest BCUT2D eigenvalue weighted by Crippen LogP contribution is 2.27. The number of carboxylic acid groups (broad SMARTS) is 1. The lowest BCUT2D eigenvalue weighted by Crippen LogP contribution is -2.50. The largest absolute Gasteiger partial charge is 0.480 e. The number of carboxylic acids is 1. The maximum Gasteiger partial charge on any atom is 0.328 e. The van der Waals surface area contributed by atoms with Gasteiger partial charge in [0.1, 0.15) is 11.4 Å². The SMILES string of the molecule is CCN(c1ccc(C(N)=O)cc1F)C(C)(C)C(=O)O. The van der Waals surface area contributed by atoms with E-state index in [1.165, 1.54) is 30.9 Å². The molecule has 3 N–H and O–H groups in total. The summed E-state index contributed by atoms with van der Waals surface area (Å²) in [5.74, 6) is -2.47. The van der Waals surface area contributed by atoms with Crippen molar-refractivity contribution in [1.29, 1.82) is 0 Å². The second-order valence-electron chi connectivity index (χ2n) is 4.64. The molecule has 104 valence electrons. The van der Waals surface area contributed by atoms with Gasteiger partial charge in [0.25, 0.3) is 0 Å². The zero-order chi connectivity index (χ0) is 14.8. The summed E-state index contributed by atoms with van der Waals surface area (Å²) in [5.41, 5.74) is 3.97. The van der Waals surface area contributed by atoms with Crippen LogP contribution in [0.5, 0.6) is 0 Å². The maximum absolute atomic E-state index is 14.0. The van der Waals surface area contributed by atoms with E-state index in [9.17, 15) is 19.1 Å². The van der Waals surface area contributed by atoms with E-state index in [4.69, 9.17) is 5.73 Å². The molecule has 0 aliphatic carbocycles. The van der Waals surface area contributed by atoms with Gasteiger partial charge in [-0.3, -0.25) is 4.79 Å². The first-order valence-corrected chi connectivity index (χ1v) is 5.82. The monoisotopic (exact) mass is 268 g/mol. The van der Waals surface area contributed by atoms with Gasteiger partial charge >= 0.3 is 5.97 Å². The molecule has 0 heterocycles. The van der Waals surface area contributed by atoms with Crippen LogP contribution in [0, 0.1) is 5.82 Å². The minimum absolute atomic E-state index is 0.0467. The topological polar surface area (TPSA) is 83.6 Å². The summed E-state index contributed by atoms with van der Waals surface area (Å²) in [5, 5.41) is 9.20. The molecular weight excluding hydrogens is 251 g/mol. The standard InChI is InChI=1S/C13H17FN2O3/c1-4-16(13(2,3)12(18)19)10-6-5-8(11(15)17)7-9(10)14/h5-7H,4H2,1-3H3,(H2,15,17)(H,18,19). The predicted octanol–water partition coefficient (Wildman–Crippen LogP) is 1.61. The lowest BCUT2D eigenvalue weighted by molar-refractivity contribution is -0.142. The fourth-order valence-corrected chi connectivity index (χ4v) is 1.86. The maximum atomic E-state index is 14.0. The highest BCUT2D eigenvalue weighted by Gasteiger charge is 2.35. The number of halogens is 1. The van der Waals surface area contributed by atoms with E-state index >= 15 is 0 Å². The van der Waals surface area contributed by atoms with Gasteiger partial charge in [0.2, 0.25) is 5.91 Å². The van der Waals surface area contributed by atoms with Crippen molar-refractivity contribution in [2.24, 2.45) is 5.73 Å². The molecule has 0 aliphatic rings. The molecule has 1 aromatic rings. The first kappa shape index (κ1) is 14.9. The van der Waals surface area contributed by atoms with E-state index in [0.29, 0.717) is 6.54 Å². The molecule has 0 saturated carbocycles. The van der Waals surface area contributed by atoms with Crippen molar-refractivity contribution in [3.05, 3.63) is 29.6 Å². The van der Waals surface area contributed by atoms with Crippen molar-refractivity contribution >= 4 is 17.6 Å². The van der Waals surface area contributed by atoms with Gasteiger partial charge in [-0.15, -0.1) is 0 Å². The van der Waals surface area contributed by atoms with Crippen molar-refractivity contribution in [3.8, 4) is 0 Å². The van der Waals surface area contributed by atoms with Gasteiger partial charge in [-0.1, -0.05) is 0 Å². The second kappa shape index (κ2) is 5.26. The van der Waals surface area contributed by atoms with Crippen LogP contribution in [0.4, 0.5) is 10.1 Å². The van der Waals surface area contributed by atoms with Gasteiger partial charge in [-0.2, -0.15) is 0 Å². The number of hydrogen-bond acceptors (Lipinski definition) is 3. The predicted molar refractivity (Wildman–Crippen MR) is 69.7 cm³/mol. The van der Waals surface area contributed by atoms with Crippen molar-refractivity contribution in [1.82, 2.24) is 0 Å². The highest BCUT2D eigenvalue weighted by atomic mass is 19.1.